The lowest BCUT2D eigenvalue weighted by molar-refractivity contribution is 0.302. The average Bonchev–Trinajstić information content (AvgIpc) is 2.81. The van der Waals surface area contributed by atoms with Crippen LogP contribution in [0.2, 0.25) is 0 Å². The van der Waals surface area contributed by atoms with E-state index < -0.39 is 0 Å². The number of fused-ring (bicyclic) bond motifs is 1. The fourth-order valence-electron chi connectivity index (χ4n) is 2.80. The number of hydrogen-bond acceptors (Lipinski definition) is 4. The molecule has 1 saturated carbocycles. The van der Waals surface area contributed by atoms with Crippen molar-refractivity contribution in [2.45, 2.75) is 38.1 Å². The molecule has 5 heteroatoms. The summed E-state index contributed by atoms with van der Waals surface area (Å²) < 4.78 is 0. The van der Waals surface area contributed by atoms with Crippen molar-refractivity contribution >= 4 is 17.0 Å². The quantitative estimate of drug-likeness (QED) is 0.755. The molecule has 1 unspecified atom stereocenters. The molecular weight excluding hydrogens is 226 g/mol. The Balaban J connectivity index is 1.88. The summed E-state index contributed by atoms with van der Waals surface area (Å²) in [5.74, 6) is 1.87. The van der Waals surface area contributed by atoms with Gasteiger partial charge < -0.3 is 16.5 Å². The average molecular weight is 245 g/mol. The van der Waals surface area contributed by atoms with Crippen molar-refractivity contribution in [3.05, 3.63) is 18.0 Å². The molecule has 0 amide bonds. The number of imidazole rings is 1. The van der Waals surface area contributed by atoms with E-state index in [1.54, 1.807) is 6.07 Å². The fraction of sp³-hybridized carbons (Fsp3) is 0.538. The molecule has 5 N–H and O–H groups in total. The number of anilines is 1. The molecule has 0 spiro atoms. The number of aromatic nitrogens is 3. The smallest absolute Gasteiger partial charge is 0.179 e. The van der Waals surface area contributed by atoms with Gasteiger partial charge in [-0.25, -0.2) is 9.97 Å². The maximum Gasteiger partial charge on any atom is 0.179 e. The number of H-pyrrole nitrogens is 1. The predicted octanol–water partition coefficient (Wildman–Crippen LogP) is 2.12. The topological polar surface area (TPSA) is 93.6 Å². The number of nitrogens with two attached hydrogens (primary N) is 2. The lowest BCUT2D eigenvalue weighted by Gasteiger charge is -2.25. The van der Waals surface area contributed by atoms with Crippen LogP contribution in [0.25, 0.3) is 11.2 Å². The second-order valence-corrected chi connectivity index (χ2v) is 5.15. The highest BCUT2D eigenvalue weighted by molar-refractivity contribution is 5.72. The molecular formula is C13H19N5. The number of pyridine rings is 1. The van der Waals surface area contributed by atoms with Crippen molar-refractivity contribution in [3.8, 4) is 0 Å². The minimum absolute atomic E-state index is 0.0132. The lowest BCUT2D eigenvalue weighted by atomic mass is 9.84. The maximum atomic E-state index is 6.32. The van der Waals surface area contributed by atoms with Gasteiger partial charge in [0.15, 0.2) is 5.65 Å². The maximum absolute atomic E-state index is 6.32. The zero-order chi connectivity index (χ0) is 12.5. The molecule has 2 aromatic rings. The Morgan fingerprint density at radius 3 is 2.72 bits per heavy atom. The second-order valence-electron chi connectivity index (χ2n) is 5.15. The number of nitrogens with zero attached hydrogens (tertiary/aromatic N) is 2. The minimum atomic E-state index is -0.0132. The van der Waals surface area contributed by atoms with Gasteiger partial charge in [0, 0.05) is 0 Å². The van der Waals surface area contributed by atoms with Gasteiger partial charge >= 0.3 is 0 Å². The van der Waals surface area contributed by atoms with E-state index in [0.717, 1.165) is 11.3 Å². The predicted molar refractivity (Wildman–Crippen MR) is 71.8 cm³/mol. The summed E-state index contributed by atoms with van der Waals surface area (Å²) in [6.45, 7) is 0. The fourth-order valence-corrected chi connectivity index (χ4v) is 2.80. The third-order valence-corrected chi connectivity index (χ3v) is 3.86. The van der Waals surface area contributed by atoms with E-state index in [4.69, 9.17) is 11.5 Å². The molecule has 0 aliphatic heterocycles. The van der Waals surface area contributed by atoms with Gasteiger partial charge in [-0.05, 0) is 30.9 Å². The van der Waals surface area contributed by atoms with Gasteiger partial charge in [-0.3, -0.25) is 0 Å². The molecule has 1 fully saturated rings. The highest BCUT2D eigenvalue weighted by Gasteiger charge is 2.24. The largest absolute Gasteiger partial charge is 0.384 e. The number of aromatic amines is 1. The van der Waals surface area contributed by atoms with Crippen LogP contribution in [0, 0.1) is 5.92 Å². The zero-order valence-corrected chi connectivity index (χ0v) is 10.4. The molecule has 0 bridgehead atoms. The van der Waals surface area contributed by atoms with Gasteiger partial charge in [-0.15, -0.1) is 0 Å². The van der Waals surface area contributed by atoms with Gasteiger partial charge in [0.1, 0.15) is 11.6 Å². The Kier molecular flexibility index (Phi) is 2.91. The monoisotopic (exact) mass is 245 g/mol. The van der Waals surface area contributed by atoms with E-state index in [-0.39, 0.29) is 6.04 Å². The molecule has 96 valence electrons. The number of nitrogens with one attached hydrogen (secondary N) is 1. The van der Waals surface area contributed by atoms with Crippen molar-refractivity contribution in [2.75, 3.05) is 5.73 Å². The summed E-state index contributed by atoms with van der Waals surface area (Å²) >= 11 is 0. The molecule has 0 aromatic carbocycles. The molecule has 2 heterocycles. The Labute approximate surface area is 106 Å². The molecule has 0 saturated heterocycles. The second kappa shape index (κ2) is 4.57. The number of nitrogen functional groups attached to an aromatic ring is 1. The van der Waals surface area contributed by atoms with Crippen molar-refractivity contribution in [3.63, 3.8) is 0 Å². The molecule has 1 atom stereocenters. The van der Waals surface area contributed by atoms with Crippen LogP contribution in [0.5, 0.6) is 0 Å². The molecule has 1 aliphatic rings. The summed E-state index contributed by atoms with van der Waals surface area (Å²) in [6.07, 6.45) is 6.30. The van der Waals surface area contributed by atoms with E-state index in [9.17, 15) is 0 Å². The third-order valence-electron chi connectivity index (χ3n) is 3.86. The molecule has 3 rings (SSSR count). The van der Waals surface area contributed by atoms with Crippen LogP contribution < -0.4 is 11.5 Å². The van der Waals surface area contributed by atoms with E-state index >= 15 is 0 Å². The highest BCUT2D eigenvalue weighted by Crippen LogP contribution is 2.32. The first-order valence-electron chi connectivity index (χ1n) is 6.62. The van der Waals surface area contributed by atoms with Gasteiger partial charge in [-0.1, -0.05) is 19.3 Å². The van der Waals surface area contributed by atoms with Gasteiger partial charge in [0.05, 0.1) is 11.6 Å². The molecule has 1 aliphatic carbocycles. The first kappa shape index (κ1) is 11.5. The Bertz CT molecular complexity index is 541. The number of hydrogen-bond donors (Lipinski definition) is 3. The molecule has 2 aromatic heterocycles. The minimum Gasteiger partial charge on any atom is -0.384 e. The SMILES string of the molecule is Nc1ccc2[nH]c(C(N)C3CCCCC3)nc2n1. The van der Waals surface area contributed by atoms with Crippen molar-refractivity contribution in [1.29, 1.82) is 0 Å². The summed E-state index contributed by atoms with van der Waals surface area (Å²) in [5, 5.41) is 0. The number of rotatable bonds is 2. The van der Waals surface area contributed by atoms with Gasteiger partial charge in [-0.2, -0.15) is 0 Å². The first-order valence-corrected chi connectivity index (χ1v) is 6.62. The Morgan fingerprint density at radius 1 is 1.17 bits per heavy atom. The van der Waals surface area contributed by atoms with Crippen LogP contribution in [0.3, 0.4) is 0 Å². The van der Waals surface area contributed by atoms with Crippen LogP contribution in [0.4, 0.5) is 5.82 Å². The zero-order valence-electron chi connectivity index (χ0n) is 10.4. The lowest BCUT2D eigenvalue weighted by Crippen LogP contribution is -2.24. The van der Waals surface area contributed by atoms with Crippen molar-refractivity contribution in [1.82, 2.24) is 15.0 Å². The normalized spacial score (nSPS) is 19.2. The van der Waals surface area contributed by atoms with E-state index in [0.29, 0.717) is 17.4 Å². The standard InChI is InChI=1S/C13H19N5/c14-10-7-6-9-12(17-10)18-13(16-9)11(15)8-4-2-1-3-5-8/h6-8,11H,1-5,15H2,(H3,14,16,17,18). The molecule has 0 radical (unpaired) electrons. The summed E-state index contributed by atoms with van der Waals surface area (Å²) in [4.78, 5) is 11.9. The van der Waals surface area contributed by atoms with Gasteiger partial charge in [0.2, 0.25) is 0 Å². The van der Waals surface area contributed by atoms with Crippen LogP contribution in [0.1, 0.15) is 44.0 Å². The van der Waals surface area contributed by atoms with Crippen LogP contribution >= 0.6 is 0 Å². The van der Waals surface area contributed by atoms with Gasteiger partial charge in [0.25, 0.3) is 0 Å². The van der Waals surface area contributed by atoms with Crippen molar-refractivity contribution < 1.29 is 0 Å². The van der Waals surface area contributed by atoms with E-state index in [2.05, 4.69) is 15.0 Å². The Hall–Kier alpha value is -1.62. The molecule has 5 nitrogen and oxygen atoms in total. The van der Waals surface area contributed by atoms with E-state index in [1.807, 2.05) is 6.07 Å². The van der Waals surface area contributed by atoms with Crippen LogP contribution in [-0.2, 0) is 0 Å². The van der Waals surface area contributed by atoms with Crippen LogP contribution in [-0.4, -0.2) is 15.0 Å². The van der Waals surface area contributed by atoms with Crippen molar-refractivity contribution in [2.24, 2.45) is 11.7 Å². The third kappa shape index (κ3) is 2.06. The summed E-state index contributed by atoms with van der Waals surface area (Å²) in [7, 11) is 0. The molecule has 18 heavy (non-hydrogen) atoms. The summed E-state index contributed by atoms with van der Waals surface area (Å²) in [5.41, 5.74) is 13.5. The summed E-state index contributed by atoms with van der Waals surface area (Å²) in [6, 6.07) is 3.67. The first-order chi connectivity index (χ1) is 8.74. The van der Waals surface area contributed by atoms with Crippen LogP contribution in [0.15, 0.2) is 12.1 Å². The highest BCUT2D eigenvalue weighted by atomic mass is 15.0. The van der Waals surface area contributed by atoms with E-state index in [1.165, 1.54) is 32.1 Å². The Morgan fingerprint density at radius 2 is 1.94 bits per heavy atom.